The van der Waals surface area contributed by atoms with Crippen molar-refractivity contribution in [1.29, 1.82) is 0 Å². The Kier molecular flexibility index (Phi) is 4.14. The van der Waals surface area contributed by atoms with Gasteiger partial charge in [-0.25, -0.2) is 4.68 Å². The minimum Gasteiger partial charge on any atom is -0.317 e. The Labute approximate surface area is 154 Å². The number of amides is 1. The van der Waals surface area contributed by atoms with Crippen molar-refractivity contribution in [3.05, 3.63) is 71.5 Å². The molecule has 0 saturated carbocycles. The summed E-state index contributed by atoms with van der Waals surface area (Å²) in [6, 6.07) is 15.5. The zero-order valence-corrected chi connectivity index (χ0v) is 15.2. The van der Waals surface area contributed by atoms with E-state index in [1.165, 1.54) is 0 Å². The number of aryl methyl sites for hydroxylation is 2. The summed E-state index contributed by atoms with van der Waals surface area (Å²) in [7, 11) is 1.76. The number of para-hydroxylation sites is 1. The first-order valence-electron chi connectivity index (χ1n) is 8.13. The van der Waals surface area contributed by atoms with Gasteiger partial charge in [0.15, 0.2) is 0 Å². The molecule has 1 aromatic carbocycles. The molecule has 6 nitrogen and oxygen atoms in total. The third kappa shape index (κ3) is 3.04. The molecule has 7 heteroatoms. The smallest absolute Gasteiger partial charge is 0.274 e. The fourth-order valence-electron chi connectivity index (χ4n) is 2.78. The number of hydrogen-bond donors (Lipinski definition) is 1. The average molecular weight is 363 g/mol. The van der Waals surface area contributed by atoms with Crippen LogP contribution in [0.2, 0.25) is 0 Å². The van der Waals surface area contributed by atoms with Gasteiger partial charge in [0.05, 0.1) is 28.1 Å². The Bertz CT molecular complexity index is 1050. The average Bonchev–Trinajstić information content (AvgIpc) is 3.35. The quantitative estimate of drug-likeness (QED) is 0.598. The maximum Gasteiger partial charge on any atom is 0.274 e. The number of hydrogen-bond acceptors (Lipinski definition) is 4. The lowest BCUT2D eigenvalue weighted by atomic mass is 10.3. The number of nitrogens with zero attached hydrogens (tertiary/aromatic N) is 4. The molecule has 1 N–H and O–H groups in total. The Hall–Kier alpha value is -3.19. The molecule has 26 heavy (non-hydrogen) atoms. The van der Waals surface area contributed by atoms with Crippen molar-refractivity contribution < 1.29 is 4.79 Å². The Morgan fingerprint density at radius 2 is 1.92 bits per heavy atom. The van der Waals surface area contributed by atoms with Gasteiger partial charge in [-0.05, 0) is 36.6 Å². The Morgan fingerprint density at radius 1 is 1.12 bits per heavy atom. The first-order chi connectivity index (χ1) is 12.6. The van der Waals surface area contributed by atoms with Gasteiger partial charge in [0.2, 0.25) is 0 Å². The van der Waals surface area contributed by atoms with E-state index in [2.05, 4.69) is 15.5 Å². The van der Waals surface area contributed by atoms with Gasteiger partial charge in [-0.15, -0.1) is 11.3 Å². The molecule has 130 valence electrons. The van der Waals surface area contributed by atoms with E-state index < -0.39 is 0 Å². The summed E-state index contributed by atoms with van der Waals surface area (Å²) in [4.78, 5) is 13.7. The summed E-state index contributed by atoms with van der Waals surface area (Å²) < 4.78 is 3.36. The van der Waals surface area contributed by atoms with Crippen LogP contribution in [0.1, 0.15) is 16.2 Å². The van der Waals surface area contributed by atoms with Crippen molar-refractivity contribution in [3.8, 4) is 16.3 Å². The molecule has 0 atom stereocenters. The third-order valence-corrected chi connectivity index (χ3v) is 4.85. The third-order valence-electron chi connectivity index (χ3n) is 3.97. The van der Waals surface area contributed by atoms with Crippen molar-refractivity contribution in [2.24, 2.45) is 7.05 Å². The van der Waals surface area contributed by atoms with Crippen molar-refractivity contribution in [3.63, 3.8) is 0 Å². The van der Waals surface area contributed by atoms with Crippen LogP contribution in [-0.4, -0.2) is 25.5 Å². The summed E-state index contributed by atoms with van der Waals surface area (Å²) in [5.41, 5.74) is 3.65. The normalized spacial score (nSPS) is 10.8. The van der Waals surface area contributed by atoms with E-state index in [9.17, 15) is 4.79 Å². The number of rotatable bonds is 4. The lowest BCUT2D eigenvalue weighted by molar-refractivity contribution is 0.101. The fraction of sp³-hybridized carbons (Fsp3) is 0.105. The van der Waals surface area contributed by atoms with Crippen molar-refractivity contribution in [1.82, 2.24) is 19.6 Å². The van der Waals surface area contributed by atoms with Gasteiger partial charge in [-0.3, -0.25) is 9.48 Å². The SMILES string of the molecule is Cc1cc(C(=O)Nc2cn(-c3ccccc3)nc2-c2cccs2)n(C)n1. The van der Waals surface area contributed by atoms with E-state index in [1.54, 1.807) is 33.8 Å². The predicted octanol–water partition coefficient (Wildman–Crippen LogP) is 3.90. The summed E-state index contributed by atoms with van der Waals surface area (Å²) in [6.45, 7) is 1.86. The second-order valence-electron chi connectivity index (χ2n) is 5.90. The fourth-order valence-corrected chi connectivity index (χ4v) is 3.51. The monoisotopic (exact) mass is 363 g/mol. The highest BCUT2D eigenvalue weighted by atomic mass is 32.1. The number of carbonyl (C=O) groups excluding carboxylic acids is 1. The van der Waals surface area contributed by atoms with Crippen LogP contribution in [0.15, 0.2) is 60.1 Å². The van der Waals surface area contributed by atoms with Crippen molar-refractivity contribution in [2.75, 3.05) is 5.32 Å². The van der Waals surface area contributed by atoms with Crippen LogP contribution in [0.4, 0.5) is 5.69 Å². The molecule has 0 saturated heterocycles. The van der Waals surface area contributed by atoms with E-state index in [1.807, 2.05) is 61.0 Å². The number of aromatic nitrogens is 4. The second-order valence-corrected chi connectivity index (χ2v) is 6.85. The van der Waals surface area contributed by atoms with Gasteiger partial charge in [0, 0.05) is 7.05 Å². The number of benzene rings is 1. The summed E-state index contributed by atoms with van der Waals surface area (Å²) >= 11 is 1.58. The molecule has 0 aliphatic heterocycles. The highest BCUT2D eigenvalue weighted by Gasteiger charge is 2.18. The molecule has 0 unspecified atom stereocenters. The molecular weight excluding hydrogens is 346 g/mol. The van der Waals surface area contributed by atoms with Gasteiger partial charge in [-0.2, -0.15) is 10.2 Å². The molecule has 3 heterocycles. The van der Waals surface area contributed by atoms with Gasteiger partial charge in [0.1, 0.15) is 11.4 Å². The lowest BCUT2D eigenvalue weighted by Gasteiger charge is -2.04. The minimum atomic E-state index is -0.210. The van der Waals surface area contributed by atoms with Crippen molar-refractivity contribution >= 4 is 22.9 Å². The van der Waals surface area contributed by atoms with Gasteiger partial charge < -0.3 is 5.32 Å². The van der Waals surface area contributed by atoms with Gasteiger partial charge in [0.25, 0.3) is 5.91 Å². The van der Waals surface area contributed by atoms with Crippen LogP contribution in [-0.2, 0) is 7.05 Å². The summed E-state index contributed by atoms with van der Waals surface area (Å²) in [5.74, 6) is -0.210. The first kappa shape index (κ1) is 16.3. The second kappa shape index (κ2) is 6.61. The number of anilines is 1. The van der Waals surface area contributed by atoms with Crippen LogP contribution in [0.5, 0.6) is 0 Å². The van der Waals surface area contributed by atoms with Crippen LogP contribution in [0, 0.1) is 6.92 Å². The number of thiophene rings is 1. The molecule has 0 spiro atoms. The zero-order valence-electron chi connectivity index (χ0n) is 14.4. The molecule has 4 aromatic rings. The highest BCUT2D eigenvalue weighted by molar-refractivity contribution is 7.13. The topological polar surface area (TPSA) is 64.7 Å². The molecule has 0 bridgehead atoms. The number of nitrogens with one attached hydrogen (secondary N) is 1. The maximum absolute atomic E-state index is 12.7. The molecule has 0 aliphatic rings. The Balaban J connectivity index is 1.73. The van der Waals surface area contributed by atoms with Crippen molar-refractivity contribution in [2.45, 2.75) is 6.92 Å². The molecule has 0 aliphatic carbocycles. The van der Waals surface area contributed by atoms with E-state index in [4.69, 9.17) is 0 Å². The van der Waals surface area contributed by atoms with Crippen LogP contribution >= 0.6 is 11.3 Å². The van der Waals surface area contributed by atoms with Gasteiger partial charge in [-0.1, -0.05) is 24.3 Å². The van der Waals surface area contributed by atoms with Gasteiger partial charge >= 0.3 is 0 Å². The predicted molar refractivity (Wildman–Crippen MR) is 103 cm³/mol. The minimum absolute atomic E-state index is 0.210. The van der Waals surface area contributed by atoms with E-state index in [-0.39, 0.29) is 5.91 Å². The van der Waals surface area contributed by atoms with E-state index in [0.29, 0.717) is 11.4 Å². The van der Waals surface area contributed by atoms with E-state index >= 15 is 0 Å². The zero-order chi connectivity index (χ0) is 18.1. The molecule has 0 radical (unpaired) electrons. The summed E-state index contributed by atoms with van der Waals surface area (Å²) in [6.07, 6.45) is 1.84. The van der Waals surface area contributed by atoms with Crippen LogP contribution in [0.25, 0.3) is 16.3 Å². The highest BCUT2D eigenvalue weighted by Crippen LogP contribution is 2.31. The van der Waals surface area contributed by atoms with E-state index in [0.717, 1.165) is 22.0 Å². The molecule has 3 aromatic heterocycles. The number of carbonyl (C=O) groups is 1. The first-order valence-corrected chi connectivity index (χ1v) is 9.01. The molecule has 1 amide bonds. The molecule has 4 rings (SSSR count). The molecule has 0 fully saturated rings. The summed E-state index contributed by atoms with van der Waals surface area (Å²) in [5, 5.41) is 13.9. The largest absolute Gasteiger partial charge is 0.317 e. The van der Waals surface area contributed by atoms with Crippen LogP contribution in [0.3, 0.4) is 0 Å². The molecular formula is C19H17N5OS. The standard InChI is InChI=1S/C19H17N5OS/c1-13-11-16(23(2)21-13)19(25)20-15-12-24(14-7-4-3-5-8-14)22-18(15)17-9-6-10-26-17/h3-12H,1-2H3,(H,20,25). The maximum atomic E-state index is 12.7. The van der Waals surface area contributed by atoms with Crippen LogP contribution < -0.4 is 5.32 Å². The lowest BCUT2D eigenvalue weighted by Crippen LogP contribution is -2.16. The Morgan fingerprint density at radius 3 is 2.58 bits per heavy atom.